The molecule has 0 spiro atoms. The second kappa shape index (κ2) is 6.92. The molecule has 0 fully saturated rings. The van der Waals surface area contributed by atoms with Crippen LogP contribution in [0.5, 0.6) is 0 Å². The first-order chi connectivity index (χ1) is 10.0. The monoisotopic (exact) mass is 318 g/mol. The average Bonchev–Trinajstić information content (AvgIpc) is 2.47. The summed E-state index contributed by atoms with van der Waals surface area (Å²) in [7, 11) is 0. The molecule has 2 nitrogen and oxygen atoms in total. The Morgan fingerprint density at radius 2 is 1.86 bits per heavy atom. The number of para-hydroxylation sites is 1. The fraction of sp³-hybridized carbons (Fsp3) is 0.235. The molecule has 0 aliphatic heterocycles. The molecule has 0 bridgehead atoms. The van der Waals surface area contributed by atoms with E-state index in [0.29, 0.717) is 5.11 Å². The molecule has 0 heterocycles. The second-order valence-corrected chi connectivity index (χ2v) is 5.67. The number of hydrogen-bond acceptors (Lipinski definition) is 1. The summed E-state index contributed by atoms with van der Waals surface area (Å²) in [4.78, 5) is 2.09. The van der Waals surface area contributed by atoms with Crippen molar-refractivity contribution in [1.29, 1.82) is 0 Å². The number of halogens is 1. The van der Waals surface area contributed by atoms with Gasteiger partial charge in [-0.25, -0.2) is 0 Å². The van der Waals surface area contributed by atoms with Gasteiger partial charge in [-0.05, 0) is 62.3 Å². The smallest absolute Gasteiger partial charge is 0.177 e. The van der Waals surface area contributed by atoms with Gasteiger partial charge < -0.3 is 10.2 Å². The van der Waals surface area contributed by atoms with Crippen LogP contribution in [0, 0.1) is 13.8 Å². The van der Waals surface area contributed by atoms with Crippen molar-refractivity contribution in [3.8, 4) is 0 Å². The Balaban J connectivity index is 2.26. The molecular formula is C17H19ClN2S. The summed E-state index contributed by atoms with van der Waals surface area (Å²) in [6, 6.07) is 14.0. The van der Waals surface area contributed by atoms with Gasteiger partial charge in [0.25, 0.3) is 0 Å². The molecule has 110 valence electrons. The number of aryl methyl sites for hydroxylation is 1. The normalized spacial score (nSPS) is 10.3. The van der Waals surface area contributed by atoms with Crippen LogP contribution in [0.4, 0.5) is 11.4 Å². The average molecular weight is 319 g/mol. The standard InChI is InChI=1S/C17H19ClN2S/c1-4-20(16-11-6-5-8-12(16)2)17(21)19-15-10-7-9-14(18)13(15)3/h5-11H,4H2,1-3H3,(H,19,21). The third-order valence-corrected chi connectivity index (χ3v) is 4.21. The van der Waals surface area contributed by atoms with E-state index in [-0.39, 0.29) is 0 Å². The molecule has 0 unspecified atom stereocenters. The van der Waals surface area contributed by atoms with E-state index in [2.05, 4.69) is 36.2 Å². The molecule has 0 aliphatic carbocycles. The fourth-order valence-electron chi connectivity index (χ4n) is 2.22. The summed E-state index contributed by atoms with van der Waals surface area (Å²) < 4.78 is 0. The first-order valence-corrected chi connectivity index (χ1v) is 7.72. The lowest BCUT2D eigenvalue weighted by Crippen LogP contribution is -2.35. The second-order valence-electron chi connectivity index (χ2n) is 4.87. The molecule has 0 atom stereocenters. The van der Waals surface area contributed by atoms with Crippen LogP contribution in [0.15, 0.2) is 42.5 Å². The molecule has 0 amide bonds. The lowest BCUT2D eigenvalue weighted by Gasteiger charge is -2.26. The molecule has 0 radical (unpaired) electrons. The number of nitrogens with zero attached hydrogens (tertiary/aromatic N) is 1. The molecule has 0 aliphatic rings. The number of hydrogen-bond donors (Lipinski definition) is 1. The zero-order valence-corrected chi connectivity index (χ0v) is 14.1. The lowest BCUT2D eigenvalue weighted by molar-refractivity contribution is 1.06. The molecule has 2 aromatic rings. The van der Waals surface area contributed by atoms with E-state index < -0.39 is 0 Å². The van der Waals surface area contributed by atoms with Gasteiger partial charge in [0.2, 0.25) is 0 Å². The molecule has 0 aromatic heterocycles. The number of benzene rings is 2. The van der Waals surface area contributed by atoms with Gasteiger partial charge in [-0.2, -0.15) is 0 Å². The van der Waals surface area contributed by atoms with Gasteiger partial charge in [-0.1, -0.05) is 35.9 Å². The van der Waals surface area contributed by atoms with Crippen molar-refractivity contribution in [1.82, 2.24) is 0 Å². The molecule has 2 rings (SSSR count). The summed E-state index contributed by atoms with van der Waals surface area (Å²) >= 11 is 11.7. The minimum atomic E-state index is 0.678. The summed E-state index contributed by atoms with van der Waals surface area (Å²) in [6.07, 6.45) is 0. The van der Waals surface area contributed by atoms with Crippen molar-refractivity contribution in [2.24, 2.45) is 0 Å². The summed E-state index contributed by atoms with van der Waals surface area (Å²) in [5, 5.41) is 4.72. The Kier molecular flexibility index (Phi) is 5.21. The predicted molar refractivity (Wildman–Crippen MR) is 96.6 cm³/mol. The molecular weight excluding hydrogens is 300 g/mol. The van der Waals surface area contributed by atoms with Crippen LogP contribution >= 0.6 is 23.8 Å². The zero-order valence-electron chi connectivity index (χ0n) is 12.5. The Hall–Kier alpha value is -1.58. The van der Waals surface area contributed by atoms with Gasteiger partial charge in [0.05, 0.1) is 0 Å². The van der Waals surface area contributed by atoms with Crippen molar-refractivity contribution in [2.45, 2.75) is 20.8 Å². The van der Waals surface area contributed by atoms with Gasteiger partial charge in [0.1, 0.15) is 0 Å². The van der Waals surface area contributed by atoms with E-state index in [1.165, 1.54) is 5.56 Å². The maximum absolute atomic E-state index is 6.16. The highest BCUT2D eigenvalue weighted by Gasteiger charge is 2.13. The number of thiocarbonyl (C=S) groups is 1. The van der Waals surface area contributed by atoms with Crippen LogP contribution < -0.4 is 10.2 Å². The third kappa shape index (κ3) is 3.55. The third-order valence-electron chi connectivity index (χ3n) is 3.48. The highest BCUT2D eigenvalue weighted by molar-refractivity contribution is 7.80. The first kappa shape index (κ1) is 15.8. The zero-order chi connectivity index (χ0) is 15.4. The van der Waals surface area contributed by atoms with Gasteiger partial charge >= 0.3 is 0 Å². The summed E-state index contributed by atoms with van der Waals surface area (Å²) in [5.41, 5.74) is 4.27. The van der Waals surface area contributed by atoms with Crippen molar-refractivity contribution in [3.63, 3.8) is 0 Å². The van der Waals surface area contributed by atoms with Crippen molar-refractivity contribution >= 4 is 40.3 Å². The lowest BCUT2D eigenvalue weighted by atomic mass is 10.2. The Labute approximate surface area is 136 Å². The first-order valence-electron chi connectivity index (χ1n) is 6.94. The van der Waals surface area contributed by atoms with Crippen molar-refractivity contribution in [3.05, 3.63) is 58.6 Å². The van der Waals surface area contributed by atoms with Crippen LogP contribution in [0.25, 0.3) is 0 Å². The quantitative estimate of drug-likeness (QED) is 0.785. The van der Waals surface area contributed by atoms with Gasteiger partial charge in [-0.3, -0.25) is 0 Å². The van der Waals surface area contributed by atoms with Crippen LogP contribution in [0.3, 0.4) is 0 Å². The SMILES string of the molecule is CCN(C(=S)Nc1cccc(Cl)c1C)c1ccccc1C. The van der Waals surface area contributed by atoms with Crippen LogP contribution in [0.1, 0.15) is 18.1 Å². The molecule has 4 heteroatoms. The predicted octanol–water partition coefficient (Wildman–Crippen LogP) is 5.18. The Morgan fingerprint density at radius 3 is 2.52 bits per heavy atom. The largest absolute Gasteiger partial charge is 0.332 e. The van der Waals surface area contributed by atoms with E-state index in [4.69, 9.17) is 23.8 Å². The Morgan fingerprint density at radius 1 is 1.14 bits per heavy atom. The van der Waals surface area contributed by atoms with Crippen molar-refractivity contribution < 1.29 is 0 Å². The highest BCUT2D eigenvalue weighted by atomic mass is 35.5. The van der Waals surface area contributed by atoms with Crippen LogP contribution in [0.2, 0.25) is 5.02 Å². The van der Waals surface area contributed by atoms with Gasteiger partial charge in [0, 0.05) is 22.9 Å². The maximum atomic E-state index is 6.16. The number of rotatable bonds is 3. The number of anilines is 2. The van der Waals surface area contributed by atoms with E-state index in [1.54, 1.807) is 0 Å². The highest BCUT2D eigenvalue weighted by Crippen LogP contribution is 2.25. The van der Waals surface area contributed by atoms with Gasteiger partial charge in [0.15, 0.2) is 5.11 Å². The van der Waals surface area contributed by atoms with E-state index in [1.807, 2.05) is 37.3 Å². The van der Waals surface area contributed by atoms with Crippen LogP contribution in [-0.4, -0.2) is 11.7 Å². The molecule has 1 N–H and O–H groups in total. The fourth-order valence-corrected chi connectivity index (χ4v) is 2.73. The van der Waals surface area contributed by atoms with E-state index in [9.17, 15) is 0 Å². The van der Waals surface area contributed by atoms with Crippen molar-refractivity contribution in [2.75, 3.05) is 16.8 Å². The van der Waals surface area contributed by atoms with E-state index >= 15 is 0 Å². The summed E-state index contributed by atoms with van der Waals surface area (Å²) in [5.74, 6) is 0. The topological polar surface area (TPSA) is 15.3 Å². The molecule has 0 saturated heterocycles. The van der Waals surface area contributed by atoms with Crippen LogP contribution in [-0.2, 0) is 0 Å². The molecule has 21 heavy (non-hydrogen) atoms. The minimum absolute atomic E-state index is 0.678. The molecule has 0 saturated carbocycles. The number of nitrogens with one attached hydrogen (secondary N) is 1. The van der Waals surface area contributed by atoms with E-state index in [0.717, 1.165) is 28.5 Å². The Bertz CT molecular complexity index is 655. The summed E-state index contributed by atoms with van der Waals surface area (Å²) in [6.45, 7) is 6.96. The molecule has 2 aromatic carbocycles. The van der Waals surface area contributed by atoms with Gasteiger partial charge in [-0.15, -0.1) is 0 Å². The minimum Gasteiger partial charge on any atom is -0.332 e. The maximum Gasteiger partial charge on any atom is 0.177 e.